The van der Waals surface area contributed by atoms with Crippen molar-refractivity contribution >= 4 is 11.6 Å². The Morgan fingerprint density at radius 3 is 2.47 bits per heavy atom. The van der Waals surface area contributed by atoms with Gasteiger partial charge in [0.25, 0.3) is 0 Å². The fourth-order valence-electron chi connectivity index (χ4n) is 2.10. The zero-order chi connectivity index (χ0) is 12.3. The zero-order valence-electron chi connectivity index (χ0n) is 10.2. The average Bonchev–Trinajstić information content (AvgIpc) is 3.13. The van der Waals surface area contributed by atoms with Crippen molar-refractivity contribution in [1.29, 1.82) is 0 Å². The van der Waals surface area contributed by atoms with Gasteiger partial charge in [0.15, 0.2) is 0 Å². The molecule has 3 heteroatoms. The van der Waals surface area contributed by atoms with Crippen LogP contribution in [0.2, 0.25) is 5.02 Å². The molecule has 17 heavy (non-hydrogen) atoms. The second-order valence-electron chi connectivity index (χ2n) is 5.05. The summed E-state index contributed by atoms with van der Waals surface area (Å²) in [7, 11) is 0. The Kier molecular flexibility index (Phi) is 4.08. The van der Waals surface area contributed by atoms with Gasteiger partial charge < -0.3 is 10.4 Å². The summed E-state index contributed by atoms with van der Waals surface area (Å²) in [5.74, 6) is 0. The molecule has 0 aliphatic heterocycles. The fraction of sp³-hybridized carbons (Fsp3) is 0.571. The van der Waals surface area contributed by atoms with Gasteiger partial charge in [-0.05, 0) is 37.0 Å². The lowest BCUT2D eigenvalue weighted by atomic mass is 10.0. The molecule has 0 saturated heterocycles. The maximum atomic E-state index is 9.29. The van der Waals surface area contributed by atoms with E-state index in [4.69, 9.17) is 11.6 Å². The summed E-state index contributed by atoms with van der Waals surface area (Å²) in [6, 6.07) is 8.36. The highest BCUT2D eigenvalue weighted by molar-refractivity contribution is 6.30. The van der Waals surface area contributed by atoms with Crippen LogP contribution in [-0.2, 0) is 0 Å². The van der Waals surface area contributed by atoms with Crippen LogP contribution in [0.3, 0.4) is 0 Å². The quantitative estimate of drug-likeness (QED) is 0.816. The third-order valence-corrected chi connectivity index (χ3v) is 3.95. The van der Waals surface area contributed by atoms with E-state index < -0.39 is 0 Å². The van der Waals surface area contributed by atoms with Gasteiger partial charge in [0.2, 0.25) is 0 Å². The first-order valence-electron chi connectivity index (χ1n) is 6.29. The van der Waals surface area contributed by atoms with Crippen molar-refractivity contribution in [3.8, 4) is 0 Å². The van der Waals surface area contributed by atoms with E-state index in [-0.39, 0.29) is 5.41 Å². The Balaban J connectivity index is 1.94. The van der Waals surface area contributed by atoms with Crippen LogP contribution in [0.15, 0.2) is 24.3 Å². The van der Waals surface area contributed by atoms with Crippen LogP contribution in [-0.4, -0.2) is 18.3 Å². The largest absolute Gasteiger partial charge is 0.396 e. The Hall–Kier alpha value is -0.570. The molecule has 1 aromatic carbocycles. The monoisotopic (exact) mass is 253 g/mol. The Morgan fingerprint density at radius 2 is 2.00 bits per heavy atom. The van der Waals surface area contributed by atoms with Crippen LogP contribution in [0.5, 0.6) is 0 Å². The maximum absolute atomic E-state index is 9.29. The molecule has 2 nitrogen and oxygen atoms in total. The number of halogens is 1. The lowest BCUT2D eigenvalue weighted by molar-refractivity contribution is 0.203. The summed E-state index contributed by atoms with van der Waals surface area (Å²) in [5.41, 5.74) is 1.44. The summed E-state index contributed by atoms with van der Waals surface area (Å²) >= 11 is 5.89. The van der Waals surface area contributed by atoms with Crippen molar-refractivity contribution < 1.29 is 5.11 Å². The molecule has 0 aromatic heterocycles. The minimum absolute atomic E-state index is 0.167. The van der Waals surface area contributed by atoms with Gasteiger partial charge in [0, 0.05) is 29.6 Å². The number of benzene rings is 1. The first kappa shape index (κ1) is 12.9. The van der Waals surface area contributed by atoms with Gasteiger partial charge in [0.1, 0.15) is 0 Å². The average molecular weight is 254 g/mol. The molecule has 1 saturated carbocycles. The minimum Gasteiger partial charge on any atom is -0.396 e. The third-order valence-electron chi connectivity index (χ3n) is 3.70. The highest BCUT2D eigenvalue weighted by Crippen LogP contribution is 2.44. The molecule has 0 heterocycles. The standard InChI is InChI=1S/C14H20ClNO/c1-2-13(11-3-5-12(15)6-4-11)16-9-14(10-17)7-8-14/h3-6,13,16-17H,2,7-10H2,1H3. The second-order valence-corrected chi connectivity index (χ2v) is 5.49. The van der Waals surface area contributed by atoms with E-state index in [1.165, 1.54) is 5.56 Å². The van der Waals surface area contributed by atoms with Crippen molar-refractivity contribution in [2.45, 2.75) is 32.2 Å². The van der Waals surface area contributed by atoms with Crippen LogP contribution in [0.4, 0.5) is 0 Å². The summed E-state index contributed by atoms with van der Waals surface area (Å²) in [6.45, 7) is 3.38. The van der Waals surface area contributed by atoms with Crippen molar-refractivity contribution in [2.75, 3.05) is 13.2 Å². The molecule has 1 aliphatic rings. The molecule has 0 spiro atoms. The summed E-state index contributed by atoms with van der Waals surface area (Å²) in [6.07, 6.45) is 3.34. The molecule has 1 unspecified atom stereocenters. The van der Waals surface area contributed by atoms with Crippen molar-refractivity contribution in [2.24, 2.45) is 5.41 Å². The van der Waals surface area contributed by atoms with Crippen LogP contribution in [0.1, 0.15) is 37.8 Å². The molecular formula is C14H20ClNO. The second kappa shape index (κ2) is 5.38. The number of hydrogen-bond acceptors (Lipinski definition) is 2. The first-order chi connectivity index (χ1) is 8.19. The van der Waals surface area contributed by atoms with E-state index in [0.29, 0.717) is 12.6 Å². The van der Waals surface area contributed by atoms with Gasteiger partial charge in [0.05, 0.1) is 0 Å². The van der Waals surface area contributed by atoms with E-state index in [2.05, 4.69) is 24.4 Å². The van der Waals surface area contributed by atoms with Crippen LogP contribution >= 0.6 is 11.6 Å². The molecule has 94 valence electrons. The van der Waals surface area contributed by atoms with Gasteiger partial charge in [-0.25, -0.2) is 0 Å². The lowest BCUT2D eigenvalue weighted by Gasteiger charge is -2.21. The molecule has 1 fully saturated rings. The van der Waals surface area contributed by atoms with Gasteiger partial charge in [-0.1, -0.05) is 30.7 Å². The van der Waals surface area contributed by atoms with E-state index in [9.17, 15) is 5.11 Å². The minimum atomic E-state index is 0.167. The van der Waals surface area contributed by atoms with Crippen LogP contribution in [0.25, 0.3) is 0 Å². The molecule has 0 amide bonds. The van der Waals surface area contributed by atoms with Gasteiger partial charge in [-0.15, -0.1) is 0 Å². The summed E-state index contributed by atoms with van der Waals surface area (Å²) in [4.78, 5) is 0. The zero-order valence-corrected chi connectivity index (χ0v) is 11.0. The van der Waals surface area contributed by atoms with E-state index in [0.717, 1.165) is 30.8 Å². The van der Waals surface area contributed by atoms with Gasteiger partial charge in [-0.3, -0.25) is 0 Å². The predicted octanol–water partition coefficient (Wildman–Crippen LogP) is 3.15. The highest BCUT2D eigenvalue weighted by atomic mass is 35.5. The maximum Gasteiger partial charge on any atom is 0.0499 e. The normalized spacial score (nSPS) is 19.0. The molecule has 1 aliphatic carbocycles. The molecule has 1 aromatic rings. The Bertz CT molecular complexity index is 359. The van der Waals surface area contributed by atoms with E-state index in [1.54, 1.807) is 0 Å². The molecular weight excluding hydrogens is 234 g/mol. The summed E-state index contributed by atoms with van der Waals surface area (Å²) < 4.78 is 0. The van der Waals surface area contributed by atoms with Crippen LogP contribution in [0, 0.1) is 5.41 Å². The Labute approximate surface area is 108 Å². The number of nitrogens with one attached hydrogen (secondary N) is 1. The third kappa shape index (κ3) is 3.21. The fourth-order valence-corrected chi connectivity index (χ4v) is 2.23. The predicted molar refractivity (Wildman–Crippen MR) is 71.2 cm³/mol. The number of hydrogen-bond donors (Lipinski definition) is 2. The van der Waals surface area contributed by atoms with Gasteiger partial charge in [-0.2, -0.15) is 0 Å². The molecule has 1 atom stereocenters. The van der Waals surface area contributed by atoms with Crippen molar-refractivity contribution in [3.63, 3.8) is 0 Å². The smallest absolute Gasteiger partial charge is 0.0499 e. The molecule has 2 N–H and O–H groups in total. The number of aliphatic hydroxyl groups excluding tert-OH is 1. The molecule has 0 radical (unpaired) electrons. The highest BCUT2D eigenvalue weighted by Gasteiger charge is 2.41. The number of aliphatic hydroxyl groups is 1. The Morgan fingerprint density at radius 1 is 1.35 bits per heavy atom. The topological polar surface area (TPSA) is 32.3 Å². The molecule has 2 rings (SSSR count). The van der Waals surface area contributed by atoms with Crippen molar-refractivity contribution in [3.05, 3.63) is 34.9 Å². The summed E-state index contributed by atoms with van der Waals surface area (Å²) in [5, 5.41) is 13.6. The van der Waals surface area contributed by atoms with Gasteiger partial charge >= 0.3 is 0 Å². The SMILES string of the molecule is CCC(NCC1(CO)CC1)c1ccc(Cl)cc1. The van der Waals surface area contributed by atoms with E-state index in [1.807, 2.05) is 12.1 Å². The molecule has 0 bridgehead atoms. The lowest BCUT2D eigenvalue weighted by Crippen LogP contribution is -2.29. The van der Waals surface area contributed by atoms with Crippen molar-refractivity contribution in [1.82, 2.24) is 5.32 Å². The van der Waals surface area contributed by atoms with E-state index >= 15 is 0 Å². The van der Waals surface area contributed by atoms with Crippen LogP contribution < -0.4 is 5.32 Å². The first-order valence-corrected chi connectivity index (χ1v) is 6.67. The number of rotatable bonds is 6.